The Labute approximate surface area is 98.9 Å². The van der Waals surface area contributed by atoms with Gasteiger partial charge in [0.05, 0.1) is 0 Å². The standard InChI is InChI=1S/C10H19F3N2S/c1-2-15-6-3-4-9(15)8-14-5-7-16-10(11,12)13/h9,14H,2-8H2,1H3. The van der Waals surface area contributed by atoms with Crippen molar-refractivity contribution >= 4 is 11.8 Å². The number of nitrogens with zero attached hydrogens (tertiary/aromatic N) is 1. The molecule has 0 aromatic carbocycles. The molecule has 0 spiro atoms. The Hall–Kier alpha value is 0.0600. The van der Waals surface area contributed by atoms with Gasteiger partial charge in [0.2, 0.25) is 0 Å². The molecule has 0 aromatic heterocycles. The minimum Gasteiger partial charge on any atom is -0.314 e. The summed E-state index contributed by atoms with van der Waals surface area (Å²) >= 11 is 0.0465. The average Bonchev–Trinajstić information content (AvgIpc) is 2.63. The largest absolute Gasteiger partial charge is 0.441 e. The van der Waals surface area contributed by atoms with Gasteiger partial charge in [-0.25, -0.2) is 0 Å². The fourth-order valence-corrected chi connectivity index (χ4v) is 2.53. The SMILES string of the molecule is CCN1CCCC1CNCCSC(F)(F)F. The van der Waals surface area contributed by atoms with Crippen LogP contribution in [0.15, 0.2) is 0 Å². The highest BCUT2D eigenvalue weighted by Crippen LogP contribution is 2.29. The lowest BCUT2D eigenvalue weighted by Crippen LogP contribution is -2.38. The highest BCUT2D eigenvalue weighted by molar-refractivity contribution is 8.00. The normalized spacial score (nSPS) is 22.9. The van der Waals surface area contributed by atoms with Gasteiger partial charge in [-0.3, -0.25) is 4.90 Å². The summed E-state index contributed by atoms with van der Waals surface area (Å²) < 4.78 is 35.5. The van der Waals surface area contributed by atoms with Crippen LogP contribution in [0.3, 0.4) is 0 Å². The molecule has 1 heterocycles. The molecular formula is C10H19F3N2S. The first-order chi connectivity index (χ1) is 7.53. The van der Waals surface area contributed by atoms with E-state index in [0.29, 0.717) is 12.6 Å². The van der Waals surface area contributed by atoms with Crippen molar-refractivity contribution in [3.05, 3.63) is 0 Å². The zero-order valence-electron chi connectivity index (χ0n) is 9.52. The molecule has 2 nitrogen and oxygen atoms in total. The smallest absolute Gasteiger partial charge is 0.314 e. The number of hydrogen-bond acceptors (Lipinski definition) is 3. The Bertz CT molecular complexity index is 199. The summed E-state index contributed by atoms with van der Waals surface area (Å²) in [5, 5.41) is 3.10. The van der Waals surface area contributed by atoms with Crippen LogP contribution >= 0.6 is 11.8 Å². The molecule has 1 aliphatic rings. The monoisotopic (exact) mass is 256 g/mol. The van der Waals surface area contributed by atoms with Crippen LogP contribution in [0.5, 0.6) is 0 Å². The van der Waals surface area contributed by atoms with E-state index < -0.39 is 5.51 Å². The minimum absolute atomic E-state index is 0.0465. The van der Waals surface area contributed by atoms with Gasteiger partial charge in [0.25, 0.3) is 0 Å². The van der Waals surface area contributed by atoms with E-state index in [1.807, 2.05) is 0 Å². The van der Waals surface area contributed by atoms with Gasteiger partial charge in [-0.1, -0.05) is 6.92 Å². The number of alkyl halides is 3. The van der Waals surface area contributed by atoms with E-state index in [1.165, 1.54) is 6.42 Å². The first-order valence-corrected chi connectivity index (χ1v) is 6.67. The van der Waals surface area contributed by atoms with E-state index in [9.17, 15) is 13.2 Å². The quantitative estimate of drug-likeness (QED) is 0.734. The summed E-state index contributed by atoms with van der Waals surface area (Å²) in [4.78, 5) is 2.38. The van der Waals surface area contributed by atoms with Gasteiger partial charge in [0.1, 0.15) is 0 Å². The highest BCUT2D eigenvalue weighted by Gasteiger charge is 2.27. The summed E-state index contributed by atoms with van der Waals surface area (Å²) in [6, 6.07) is 0.515. The van der Waals surface area contributed by atoms with Crippen LogP contribution in [-0.4, -0.2) is 48.4 Å². The van der Waals surface area contributed by atoms with Crippen LogP contribution in [0, 0.1) is 0 Å². The van der Waals surface area contributed by atoms with Crippen LogP contribution in [0.25, 0.3) is 0 Å². The summed E-state index contributed by atoms with van der Waals surface area (Å²) in [5.41, 5.74) is -4.09. The van der Waals surface area contributed by atoms with Gasteiger partial charge in [-0.05, 0) is 37.7 Å². The Morgan fingerprint density at radius 1 is 1.44 bits per heavy atom. The number of halogens is 3. The van der Waals surface area contributed by atoms with Crippen molar-refractivity contribution in [2.45, 2.75) is 31.3 Å². The number of rotatable bonds is 6. The third kappa shape index (κ3) is 5.41. The van der Waals surface area contributed by atoms with E-state index in [0.717, 1.165) is 26.1 Å². The summed E-state index contributed by atoms with van der Waals surface area (Å²) in [6.45, 7) is 5.52. The van der Waals surface area contributed by atoms with E-state index in [2.05, 4.69) is 17.1 Å². The zero-order chi connectivity index (χ0) is 12.0. The van der Waals surface area contributed by atoms with Gasteiger partial charge in [0, 0.05) is 24.9 Å². The molecule has 0 saturated carbocycles. The second kappa shape index (κ2) is 6.71. The number of nitrogens with one attached hydrogen (secondary N) is 1. The predicted molar refractivity (Wildman–Crippen MR) is 61.7 cm³/mol. The zero-order valence-corrected chi connectivity index (χ0v) is 10.3. The molecule has 0 amide bonds. The first-order valence-electron chi connectivity index (χ1n) is 5.68. The van der Waals surface area contributed by atoms with Crippen molar-refractivity contribution < 1.29 is 13.2 Å². The maximum Gasteiger partial charge on any atom is 0.441 e. The lowest BCUT2D eigenvalue weighted by atomic mass is 10.2. The average molecular weight is 256 g/mol. The molecule has 16 heavy (non-hydrogen) atoms. The summed E-state index contributed by atoms with van der Waals surface area (Å²) in [7, 11) is 0. The van der Waals surface area contributed by atoms with Crippen molar-refractivity contribution in [1.29, 1.82) is 0 Å². The molecule has 1 saturated heterocycles. The third-order valence-electron chi connectivity index (χ3n) is 2.83. The van der Waals surface area contributed by atoms with E-state index >= 15 is 0 Å². The molecule has 0 aliphatic carbocycles. The molecule has 0 bridgehead atoms. The van der Waals surface area contributed by atoms with Crippen LogP contribution < -0.4 is 5.32 Å². The molecule has 96 valence electrons. The van der Waals surface area contributed by atoms with Crippen molar-refractivity contribution in [3.63, 3.8) is 0 Å². The van der Waals surface area contributed by atoms with Crippen molar-refractivity contribution in [3.8, 4) is 0 Å². The second-order valence-corrected chi connectivity index (χ2v) is 5.08. The molecule has 0 radical (unpaired) electrons. The predicted octanol–water partition coefficient (Wildman–Crippen LogP) is 2.31. The van der Waals surface area contributed by atoms with Crippen molar-refractivity contribution in [1.82, 2.24) is 10.2 Å². The van der Waals surface area contributed by atoms with Gasteiger partial charge < -0.3 is 5.32 Å². The van der Waals surface area contributed by atoms with E-state index in [1.54, 1.807) is 0 Å². The summed E-state index contributed by atoms with van der Waals surface area (Å²) in [6.07, 6.45) is 2.37. The number of likely N-dealkylation sites (tertiary alicyclic amines) is 1. The molecule has 1 N–H and O–H groups in total. The van der Waals surface area contributed by atoms with Gasteiger partial charge in [-0.15, -0.1) is 0 Å². The van der Waals surface area contributed by atoms with E-state index in [4.69, 9.17) is 0 Å². The fraction of sp³-hybridized carbons (Fsp3) is 1.00. The van der Waals surface area contributed by atoms with Crippen molar-refractivity contribution in [2.24, 2.45) is 0 Å². The highest BCUT2D eigenvalue weighted by atomic mass is 32.2. The first kappa shape index (κ1) is 14.1. The lowest BCUT2D eigenvalue weighted by Gasteiger charge is -2.22. The van der Waals surface area contributed by atoms with Crippen LogP contribution in [0.4, 0.5) is 13.2 Å². The van der Waals surface area contributed by atoms with Gasteiger partial charge in [-0.2, -0.15) is 13.2 Å². The fourth-order valence-electron chi connectivity index (χ4n) is 2.05. The molecule has 1 rings (SSSR count). The summed E-state index contributed by atoms with van der Waals surface area (Å²) in [5.74, 6) is 0.0995. The topological polar surface area (TPSA) is 15.3 Å². The van der Waals surface area contributed by atoms with Gasteiger partial charge in [0.15, 0.2) is 0 Å². The molecule has 6 heteroatoms. The molecule has 1 unspecified atom stereocenters. The number of thioether (sulfide) groups is 1. The van der Waals surface area contributed by atoms with Crippen molar-refractivity contribution in [2.75, 3.05) is 31.9 Å². The van der Waals surface area contributed by atoms with Gasteiger partial charge >= 0.3 is 5.51 Å². The maximum absolute atomic E-state index is 11.8. The van der Waals surface area contributed by atoms with Crippen LogP contribution in [-0.2, 0) is 0 Å². The Kier molecular flexibility index (Phi) is 5.92. The number of likely N-dealkylation sites (N-methyl/N-ethyl adjacent to an activating group) is 1. The minimum atomic E-state index is -4.09. The van der Waals surface area contributed by atoms with Crippen LogP contribution in [0.1, 0.15) is 19.8 Å². The number of hydrogen-bond donors (Lipinski definition) is 1. The molecule has 1 fully saturated rings. The molecule has 1 aliphatic heterocycles. The van der Waals surface area contributed by atoms with Crippen LogP contribution in [0.2, 0.25) is 0 Å². The maximum atomic E-state index is 11.8. The lowest BCUT2D eigenvalue weighted by molar-refractivity contribution is -0.0327. The molecule has 0 aromatic rings. The Morgan fingerprint density at radius 2 is 2.19 bits per heavy atom. The Morgan fingerprint density at radius 3 is 2.81 bits per heavy atom. The second-order valence-electron chi connectivity index (χ2n) is 3.92. The molecule has 1 atom stereocenters. The third-order valence-corrected chi connectivity index (χ3v) is 3.57. The molecular weight excluding hydrogens is 237 g/mol. The van der Waals surface area contributed by atoms with E-state index in [-0.39, 0.29) is 17.5 Å². The Balaban J connectivity index is 2.03.